The van der Waals surface area contributed by atoms with E-state index in [0.29, 0.717) is 6.04 Å². The molecule has 1 aromatic rings. The number of aromatic nitrogens is 1. The van der Waals surface area contributed by atoms with Crippen molar-refractivity contribution in [3.8, 4) is 0 Å². The van der Waals surface area contributed by atoms with Gasteiger partial charge in [-0.25, -0.2) is 0 Å². The molecule has 1 saturated heterocycles. The van der Waals surface area contributed by atoms with Crippen LogP contribution in [0.15, 0.2) is 24.4 Å². The van der Waals surface area contributed by atoms with Crippen LogP contribution in [0.1, 0.15) is 31.9 Å². The predicted molar refractivity (Wildman–Crippen MR) is 70.8 cm³/mol. The summed E-state index contributed by atoms with van der Waals surface area (Å²) in [6.45, 7) is 6.62. The fourth-order valence-electron chi connectivity index (χ4n) is 2.42. The Labute approximate surface area is 104 Å². The second-order valence-electron chi connectivity index (χ2n) is 4.80. The van der Waals surface area contributed by atoms with Gasteiger partial charge in [0.15, 0.2) is 0 Å². The summed E-state index contributed by atoms with van der Waals surface area (Å²) in [5.74, 6) is 0. The highest BCUT2D eigenvalue weighted by atomic mass is 15.2. The minimum absolute atomic E-state index is 0.674. The van der Waals surface area contributed by atoms with Crippen LogP contribution in [0.3, 0.4) is 0 Å². The molecule has 0 radical (unpaired) electrons. The summed E-state index contributed by atoms with van der Waals surface area (Å²) in [6.07, 6.45) is 5.91. The minimum Gasteiger partial charge on any atom is -0.313 e. The quantitative estimate of drug-likeness (QED) is 0.843. The topological polar surface area (TPSA) is 28.2 Å². The molecular weight excluding hydrogens is 210 g/mol. The molecule has 1 N–H and O–H groups in total. The average Bonchev–Trinajstić information content (AvgIpc) is 2.40. The first-order chi connectivity index (χ1) is 8.38. The van der Waals surface area contributed by atoms with Crippen molar-refractivity contribution in [1.29, 1.82) is 0 Å². The van der Waals surface area contributed by atoms with Gasteiger partial charge in [-0.3, -0.25) is 9.88 Å². The number of hydrogen-bond donors (Lipinski definition) is 1. The van der Waals surface area contributed by atoms with Crippen LogP contribution in [0.25, 0.3) is 0 Å². The third kappa shape index (κ3) is 4.10. The predicted octanol–water partition coefficient (Wildman–Crippen LogP) is 2.05. The first-order valence-corrected chi connectivity index (χ1v) is 6.74. The molecule has 1 atom stereocenters. The molecule has 1 fully saturated rings. The molecule has 0 amide bonds. The Hall–Kier alpha value is -0.930. The summed E-state index contributed by atoms with van der Waals surface area (Å²) in [5, 5.41) is 3.61. The SMILES string of the molecule is CCN(Cc1ccccn1)CC1CCCCN1. The van der Waals surface area contributed by atoms with Gasteiger partial charge in [0.1, 0.15) is 0 Å². The number of pyridine rings is 1. The summed E-state index contributed by atoms with van der Waals surface area (Å²) in [4.78, 5) is 6.88. The standard InChI is InChI=1S/C14H23N3/c1-2-17(11-13-7-3-5-9-15-13)12-14-8-4-6-10-16-14/h3,5,7,9,14,16H,2,4,6,8,10-12H2,1H3. The van der Waals surface area contributed by atoms with Crippen LogP contribution in [0, 0.1) is 0 Å². The molecule has 3 heteroatoms. The molecule has 0 spiro atoms. The lowest BCUT2D eigenvalue weighted by Crippen LogP contribution is -2.43. The van der Waals surface area contributed by atoms with Crippen molar-refractivity contribution in [3.63, 3.8) is 0 Å². The van der Waals surface area contributed by atoms with Gasteiger partial charge in [0.05, 0.1) is 5.69 Å². The maximum Gasteiger partial charge on any atom is 0.0543 e. The van der Waals surface area contributed by atoms with Gasteiger partial charge in [-0.05, 0) is 38.1 Å². The van der Waals surface area contributed by atoms with Gasteiger partial charge in [-0.1, -0.05) is 19.4 Å². The van der Waals surface area contributed by atoms with E-state index in [1.165, 1.54) is 31.5 Å². The fourth-order valence-corrected chi connectivity index (χ4v) is 2.42. The molecule has 1 unspecified atom stereocenters. The number of nitrogens with zero attached hydrogens (tertiary/aromatic N) is 2. The zero-order valence-corrected chi connectivity index (χ0v) is 10.7. The maximum atomic E-state index is 4.40. The molecule has 0 saturated carbocycles. The van der Waals surface area contributed by atoms with E-state index in [1.54, 1.807) is 0 Å². The zero-order valence-electron chi connectivity index (χ0n) is 10.7. The van der Waals surface area contributed by atoms with Gasteiger partial charge >= 0.3 is 0 Å². The molecule has 2 heterocycles. The fraction of sp³-hybridized carbons (Fsp3) is 0.643. The number of hydrogen-bond acceptors (Lipinski definition) is 3. The Kier molecular flexibility index (Phi) is 4.95. The lowest BCUT2D eigenvalue weighted by Gasteiger charge is -2.29. The molecule has 1 aromatic heterocycles. The number of piperidine rings is 1. The summed E-state index contributed by atoms with van der Waals surface area (Å²) in [5.41, 5.74) is 1.17. The Morgan fingerprint density at radius 1 is 1.41 bits per heavy atom. The first kappa shape index (κ1) is 12.5. The van der Waals surface area contributed by atoms with Crippen molar-refractivity contribution in [2.75, 3.05) is 19.6 Å². The van der Waals surface area contributed by atoms with E-state index in [9.17, 15) is 0 Å². The Morgan fingerprint density at radius 2 is 2.35 bits per heavy atom. The van der Waals surface area contributed by atoms with Crippen molar-refractivity contribution in [1.82, 2.24) is 15.2 Å². The summed E-state index contributed by atoms with van der Waals surface area (Å²) in [6, 6.07) is 6.82. The lowest BCUT2D eigenvalue weighted by molar-refractivity contribution is 0.224. The average molecular weight is 233 g/mol. The van der Waals surface area contributed by atoms with E-state index in [2.05, 4.69) is 34.3 Å². The Bertz CT molecular complexity index is 307. The molecule has 1 aliphatic heterocycles. The zero-order chi connectivity index (χ0) is 11.9. The van der Waals surface area contributed by atoms with E-state index in [-0.39, 0.29) is 0 Å². The van der Waals surface area contributed by atoms with E-state index in [4.69, 9.17) is 0 Å². The maximum absolute atomic E-state index is 4.40. The van der Waals surface area contributed by atoms with Crippen LogP contribution in [-0.4, -0.2) is 35.6 Å². The van der Waals surface area contributed by atoms with Crippen molar-refractivity contribution in [2.24, 2.45) is 0 Å². The number of nitrogens with one attached hydrogen (secondary N) is 1. The van der Waals surface area contributed by atoms with E-state index < -0.39 is 0 Å². The Balaban J connectivity index is 1.83. The van der Waals surface area contributed by atoms with Gasteiger partial charge < -0.3 is 5.32 Å². The highest BCUT2D eigenvalue weighted by Gasteiger charge is 2.15. The van der Waals surface area contributed by atoms with Gasteiger partial charge in [0.25, 0.3) is 0 Å². The highest BCUT2D eigenvalue weighted by Crippen LogP contribution is 2.10. The van der Waals surface area contributed by atoms with Gasteiger partial charge in [0.2, 0.25) is 0 Å². The molecule has 0 aromatic carbocycles. The number of likely N-dealkylation sites (N-methyl/N-ethyl adjacent to an activating group) is 1. The lowest BCUT2D eigenvalue weighted by atomic mass is 10.0. The second-order valence-corrected chi connectivity index (χ2v) is 4.80. The second kappa shape index (κ2) is 6.72. The highest BCUT2D eigenvalue weighted by molar-refractivity contribution is 5.03. The largest absolute Gasteiger partial charge is 0.313 e. The molecular formula is C14H23N3. The van der Waals surface area contributed by atoms with Gasteiger partial charge in [-0.2, -0.15) is 0 Å². The monoisotopic (exact) mass is 233 g/mol. The summed E-state index contributed by atoms with van der Waals surface area (Å²) in [7, 11) is 0. The molecule has 1 aliphatic rings. The van der Waals surface area contributed by atoms with E-state index >= 15 is 0 Å². The van der Waals surface area contributed by atoms with Crippen molar-refractivity contribution in [2.45, 2.75) is 38.8 Å². The molecule has 3 nitrogen and oxygen atoms in total. The van der Waals surface area contributed by atoms with Gasteiger partial charge in [-0.15, -0.1) is 0 Å². The molecule has 94 valence electrons. The smallest absolute Gasteiger partial charge is 0.0543 e. The molecule has 2 rings (SSSR count). The van der Waals surface area contributed by atoms with Crippen molar-refractivity contribution in [3.05, 3.63) is 30.1 Å². The van der Waals surface area contributed by atoms with E-state index in [1.807, 2.05) is 12.3 Å². The first-order valence-electron chi connectivity index (χ1n) is 6.74. The molecule has 0 bridgehead atoms. The van der Waals surface area contributed by atoms with Crippen LogP contribution >= 0.6 is 0 Å². The van der Waals surface area contributed by atoms with Crippen LogP contribution in [0.4, 0.5) is 0 Å². The van der Waals surface area contributed by atoms with Crippen LogP contribution in [0.2, 0.25) is 0 Å². The summed E-state index contributed by atoms with van der Waals surface area (Å²) < 4.78 is 0. The number of rotatable bonds is 5. The van der Waals surface area contributed by atoms with E-state index in [0.717, 1.165) is 19.6 Å². The van der Waals surface area contributed by atoms with Crippen molar-refractivity contribution >= 4 is 0 Å². The third-order valence-electron chi connectivity index (χ3n) is 3.45. The minimum atomic E-state index is 0.674. The molecule has 0 aliphatic carbocycles. The van der Waals surface area contributed by atoms with Crippen molar-refractivity contribution < 1.29 is 0 Å². The van der Waals surface area contributed by atoms with Crippen LogP contribution in [0.5, 0.6) is 0 Å². The van der Waals surface area contributed by atoms with Crippen LogP contribution in [-0.2, 0) is 6.54 Å². The Morgan fingerprint density at radius 3 is 3.00 bits per heavy atom. The van der Waals surface area contributed by atoms with Crippen LogP contribution < -0.4 is 5.32 Å². The summed E-state index contributed by atoms with van der Waals surface area (Å²) >= 11 is 0. The van der Waals surface area contributed by atoms with Gasteiger partial charge in [0, 0.05) is 25.3 Å². The third-order valence-corrected chi connectivity index (χ3v) is 3.45. The molecule has 17 heavy (non-hydrogen) atoms. The normalized spacial score (nSPS) is 20.7.